The molecule has 0 radical (unpaired) electrons. The predicted octanol–water partition coefficient (Wildman–Crippen LogP) is 4.97. The van der Waals surface area contributed by atoms with E-state index in [1.54, 1.807) is 0 Å². The Labute approximate surface area is 124 Å². The first-order chi connectivity index (χ1) is 9.15. The van der Waals surface area contributed by atoms with Gasteiger partial charge < -0.3 is 5.32 Å². The Kier molecular flexibility index (Phi) is 5.03. The zero-order valence-electron chi connectivity index (χ0n) is 11.7. The molecule has 0 saturated heterocycles. The molecule has 0 aliphatic rings. The van der Waals surface area contributed by atoms with Crippen LogP contribution in [0.2, 0.25) is 5.02 Å². The van der Waals surface area contributed by atoms with Crippen LogP contribution in [-0.4, -0.2) is 6.54 Å². The van der Waals surface area contributed by atoms with Gasteiger partial charge in [-0.05, 0) is 55.3 Å². The Hall–Kier alpha value is -0.830. The Morgan fingerprint density at radius 3 is 2.63 bits per heavy atom. The molecule has 1 N–H and O–H groups in total. The molecule has 19 heavy (non-hydrogen) atoms. The summed E-state index contributed by atoms with van der Waals surface area (Å²) in [6, 6.07) is 10.8. The van der Waals surface area contributed by atoms with E-state index in [1.165, 1.54) is 20.9 Å². The summed E-state index contributed by atoms with van der Waals surface area (Å²) >= 11 is 8.04. The number of benzene rings is 1. The van der Waals surface area contributed by atoms with E-state index in [2.05, 4.69) is 50.4 Å². The summed E-state index contributed by atoms with van der Waals surface area (Å²) in [6.07, 6.45) is 1.10. The lowest BCUT2D eigenvalue weighted by Crippen LogP contribution is -2.21. The summed E-state index contributed by atoms with van der Waals surface area (Å²) in [5.41, 5.74) is 2.56. The summed E-state index contributed by atoms with van der Waals surface area (Å²) in [4.78, 5) is 2.79. The number of halogens is 1. The lowest BCUT2D eigenvalue weighted by Gasteiger charge is -2.19. The molecule has 1 aromatic heterocycles. The van der Waals surface area contributed by atoms with Gasteiger partial charge in [-0.2, -0.15) is 0 Å². The van der Waals surface area contributed by atoms with Crippen LogP contribution in [0, 0.1) is 6.92 Å². The van der Waals surface area contributed by atoms with Crippen molar-refractivity contribution in [2.75, 3.05) is 6.54 Å². The van der Waals surface area contributed by atoms with Crippen molar-refractivity contribution in [1.82, 2.24) is 5.32 Å². The highest BCUT2D eigenvalue weighted by Gasteiger charge is 2.17. The van der Waals surface area contributed by atoms with Crippen molar-refractivity contribution in [2.45, 2.75) is 33.2 Å². The molecule has 0 saturated carbocycles. The number of aryl methyl sites for hydroxylation is 2. The van der Waals surface area contributed by atoms with Crippen molar-refractivity contribution < 1.29 is 0 Å². The molecular weight excluding hydrogens is 274 g/mol. The number of thiophene rings is 1. The maximum absolute atomic E-state index is 6.16. The summed E-state index contributed by atoms with van der Waals surface area (Å²) in [5.74, 6) is 0. The van der Waals surface area contributed by atoms with Crippen LogP contribution in [-0.2, 0) is 6.42 Å². The van der Waals surface area contributed by atoms with Gasteiger partial charge in [-0.1, -0.05) is 31.5 Å². The molecular formula is C16H20ClNS. The van der Waals surface area contributed by atoms with E-state index in [0.29, 0.717) is 0 Å². The highest BCUT2D eigenvalue weighted by molar-refractivity contribution is 7.12. The quantitative estimate of drug-likeness (QED) is 0.820. The second-order valence-electron chi connectivity index (χ2n) is 4.65. The SMILES string of the molecule is CCNC(c1ccc(CC)s1)c1cc(Cl)ccc1C. The van der Waals surface area contributed by atoms with Gasteiger partial charge in [0, 0.05) is 14.8 Å². The zero-order valence-corrected chi connectivity index (χ0v) is 13.2. The van der Waals surface area contributed by atoms with Crippen LogP contribution in [0.15, 0.2) is 30.3 Å². The Bertz CT molecular complexity index is 547. The van der Waals surface area contributed by atoms with E-state index in [0.717, 1.165) is 18.0 Å². The third-order valence-electron chi connectivity index (χ3n) is 3.28. The summed E-state index contributed by atoms with van der Waals surface area (Å²) in [7, 11) is 0. The average molecular weight is 294 g/mol. The maximum atomic E-state index is 6.16. The highest BCUT2D eigenvalue weighted by atomic mass is 35.5. The van der Waals surface area contributed by atoms with Gasteiger partial charge in [-0.3, -0.25) is 0 Å². The molecule has 0 aliphatic carbocycles. The van der Waals surface area contributed by atoms with E-state index < -0.39 is 0 Å². The molecule has 3 heteroatoms. The normalized spacial score (nSPS) is 12.6. The zero-order chi connectivity index (χ0) is 13.8. The van der Waals surface area contributed by atoms with E-state index >= 15 is 0 Å². The molecule has 1 atom stereocenters. The van der Waals surface area contributed by atoms with Crippen molar-refractivity contribution in [3.63, 3.8) is 0 Å². The average Bonchev–Trinajstić information content (AvgIpc) is 2.88. The number of nitrogens with one attached hydrogen (secondary N) is 1. The van der Waals surface area contributed by atoms with Crippen LogP contribution in [0.4, 0.5) is 0 Å². The molecule has 0 fully saturated rings. The molecule has 1 nitrogen and oxygen atoms in total. The first kappa shape index (κ1) is 14.6. The van der Waals surface area contributed by atoms with Gasteiger partial charge in [0.2, 0.25) is 0 Å². The van der Waals surface area contributed by atoms with Crippen LogP contribution in [0.3, 0.4) is 0 Å². The molecule has 102 valence electrons. The summed E-state index contributed by atoms with van der Waals surface area (Å²) in [6.45, 7) is 7.42. The lowest BCUT2D eigenvalue weighted by atomic mass is 10.00. The third-order valence-corrected chi connectivity index (χ3v) is 4.81. The number of hydrogen-bond donors (Lipinski definition) is 1. The molecule has 1 heterocycles. The Morgan fingerprint density at radius 1 is 1.21 bits per heavy atom. The van der Waals surface area contributed by atoms with Crippen molar-refractivity contribution in [1.29, 1.82) is 0 Å². The van der Waals surface area contributed by atoms with E-state index in [1.807, 2.05) is 17.4 Å². The highest BCUT2D eigenvalue weighted by Crippen LogP contribution is 2.31. The van der Waals surface area contributed by atoms with E-state index in [4.69, 9.17) is 11.6 Å². The van der Waals surface area contributed by atoms with Crippen LogP contribution in [0.1, 0.15) is 40.8 Å². The molecule has 2 aromatic rings. The molecule has 0 spiro atoms. The second-order valence-corrected chi connectivity index (χ2v) is 6.29. The van der Waals surface area contributed by atoms with Crippen LogP contribution >= 0.6 is 22.9 Å². The molecule has 0 bridgehead atoms. The Morgan fingerprint density at radius 2 is 2.00 bits per heavy atom. The smallest absolute Gasteiger partial charge is 0.0674 e. The van der Waals surface area contributed by atoms with Gasteiger partial charge in [0.15, 0.2) is 0 Å². The van der Waals surface area contributed by atoms with E-state index in [9.17, 15) is 0 Å². The minimum absolute atomic E-state index is 0.244. The van der Waals surface area contributed by atoms with Gasteiger partial charge >= 0.3 is 0 Å². The predicted molar refractivity (Wildman–Crippen MR) is 85.4 cm³/mol. The largest absolute Gasteiger partial charge is 0.306 e. The molecule has 2 rings (SSSR count). The maximum Gasteiger partial charge on any atom is 0.0674 e. The minimum Gasteiger partial charge on any atom is -0.306 e. The minimum atomic E-state index is 0.244. The monoisotopic (exact) mass is 293 g/mol. The van der Waals surface area contributed by atoms with Gasteiger partial charge in [0.25, 0.3) is 0 Å². The van der Waals surface area contributed by atoms with Crippen molar-refractivity contribution in [3.05, 3.63) is 56.2 Å². The van der Waals surface area contributed by atoms with Crippen LogP contribution in [0.5, 0.6) is 0 Å². The topological polar surface area (TPSA) is 12.0 Å². The fraction of sp³-hybridized carbons (Fsp3) is 0.375. The lowest BCUT2D eigenvalue weighted by molar-refractivity contribution is 0.637. The fourth-order valence-corrected chi connectivity index (χ4v) is 3.46. The third kappa shape index (κ3) is 3.38. The number of hydrogen-bond acceptors (Lipinski definition) is 2. The van der Waals surface area contributed by atoms with E-state index in [-0.39, 0.29) is 6.04 Å². The summed E-state index contributed by atoms with van der Waals surface area (Å²) in [5, 5.41) is 4.37. The Balaban J connectivity index is 2.41. The van der Waals surface area contributed by atoms with Gasteiger partial charge in [-0.15, -0.1) is 11.3 Å². The molecule has 1 aromatic carbocycles. The molecule has 1 unspecified atom stereocenters. The standard InChI is InChI=1S/C16H20ClNS/c1-4-13-8-9-15(19-13)16(18-5-2)14-10-12(17)7-6-11(14)3/h6-10,16,18H,4-5H2,1-3H3. The van der Waals surface area contributed by atoms with Crippen molar-refractivity contribution >= 4 is 22.9 Å². The first-order valence-electron chi connectivity index (χ1n) is 6.73. The molecule has 0 aliphatic heterocycles. The van der Waals surface area contributed by atoms with Crippen molar-refractivity contribution in [2.24, 2.45) is 0 Å². The van der Waals surface area contributed by atoms with Crippen LogP contribution < -0.4 is 5.32 Å². The fourth-order valence-electron chi connectivity index (χ4n) is 2.23. The number of rotatable bonds is 5. The van der Waals surface area contributed by atoms with Gasteiger partial charge in [0.05, 0.1) is 6.04 Å². The van der Waals surface area contributed by atoms with Crippen LogP contribution in [0.25, 0.3) is 0 Å². The molecule has 0 amide bonds. The first-order valence-corrected chi connectivity index (χ1v) is 7.93. The second kappa shape index (κ2) is 6.56. The van der Waals surface area contributed by atoms with Crippen molar-refractivity contribution in [3.8, 4) is 0 Å². The van der Waals surface area contributed by atoms with Gasteiger partial charge in [-0.25, -0.2) is 0 Å². The summed E-state index contributed by atoms with van der Waals surface area (Å²) < 4.78 is 0. The van der Waals surface area contributed by atoms with Gasteiger partial charge in [0.1, 0.15) is 0 Å².